The lowest BCUT2D eigenvalue weighted by Gasteiger charge is -2.08. The highest BCUT2D eigenvalue weighted by Gasteiger charge is 2.17. The number of carboxylic acid groups (broad SMARTS) is 1. The number of carbonyl (C=O) groups is 1. The summed E-state index contributed by atoms with van der Waals surface area (Å²) in [7, 11) is -3.64. The third-order valence-corrected chi connectivity index (χ3v) is 5.08. The predicted octanol–water partition coefficient (Wildman–Crippen LogP) is 1.13. The topological polar surface area (TPSA) is 104 Å². The van der Waals surface area contributed by atoms with Crippen LogP contribution < -0.4 is 4.72 Å². The molecule has 19 heavy (non-hydrogen) atoms. The summed E-state index contributed by atoms with van der Waals surface area (Å²) >= 11 is 0.880. The van der Waals surface area contributed by atoms with Crippen molar-refractivity contribution in [2.75, 3.05) is 13.2 Å². The summed E-state index contributed by atoms with van der Waals surface area (Å²) in [6.07, 6.45) is 1.35. The number of hydrogen-bond donors (Lipinski definition) is 3. The van der Waals surface area contributed by atoms with Gasteiger partial charge in [0.25, 0.3) is 0 Å². The molecule has 0 radical (unpaired) electrons. The number of hydrogen-bond acceptors (Lipinski definition) is 5. The zero-order chi connectivity index (χ0) is 14.5. The van der Waals surface area contributed by atoms with Gasteiger partial charge in [-0.05, 0) is 24.8 Å². The molecule has 0 saturated carbocycles. The molecule has 108 valence electrons. The summed E-state index contributed by atoms with van der Waals surface area (Å²) in [5.41, 5.74) is 0. The number of aliphatic hydroxyl groups is 1. The maximum Gasteiger partial charge on any atom is 0.345 e. The van der Waals surface area contributed by atoms with Crippen molar-refractivity contribution < 1.29 is 23.4 Å². The fourth-order valence-electron chi connectivity index (χ4n) is 1.40. The van der Waals surface area contributed by atoms with Crippen LogP contribution in [0.3, 0.4) is 0 Å². The van der Waals surface area contributed by atoms with E-state index in [0.717, 1.165) is 23.8 Å². The lowest BCUT2D eigenvalue weighted by atomic mass is 10.1. The Labute approximate surface area is 116 Å². The predicted molar refractivity (Wildman–Crippen MR) is 72.0 cm³/mol. The molecule has 1 atom stereocenters. The Balaban J connectivity index is 2.53. The zero-order valence-electron chi connectivity index (χ0n) is 10.5. The van der Waals surface area contributed by atoms with Gasteiger partial charge in [-0.1, -0.05) is 6.92 Å². The SMILES string of the molecule is CC(CO)CCCNS(=O)(=O)c1csc(C(=O)O)c1. The fraction of sp³-hybridized carbons (Fsp3) is 0.545. The van der Waals surface area contributed by atoms with Crippen LogP contribution in [0.5, 0.6) is 0 Å². The number of nitrogens with one attached hydrogen (secondary N) is 1. The van der Waals surface area contributed by atoms with Crippen LogP contribution in [0.15, 0.2) is 16.3 Å². The molecule has 0 aliphatic rings. The molecule has 0 aliphatic carbocycles. The molecule has 1 aromatic heterocycles. The summed E-state index contributed by atoms with van der Waals surface area (Å²) in [6, 6.07) is 1.14. The Morgan fingerprint density at radius 2 is 2.21 bits per heavy atom. The van der Waals surface area contributed by atoms with Crippen molar-refractivity contribution in [3.05, 3.63) is 16.3 Å². The van der Waals surface area contributed by atoms with Crippen molar-refractivity contribution >= 4 is 27.3 Å². The molecular weight excluding hydrogens is 290 g/mol. The van der Waals surface area contributed by atoms with Crippen molar-refractivity contribution in [2.24, 2.45) is 5.92 Å². The van der Waals surface area contributed by atoms with Crippen LogP contribution in [0.4, 0.5) is 0 Å². The van der Waals surface area contributed by atoms with Gasteiger partial charge in [0.15, 0.2) is 0 Å². The van der Waals surface area contributed by atoms with Gasteiger partial charge in [-0.15, -0.1) is 11.3 Å². The quantitative estimate of drug-likeness (QED) is 0.625. The van der Waals surface area contributed by atoms with E-state index in [4.69, 9.17) is 10.2 Å². The summed E-state index contributed by atoms with van der Waals surface area (Å²) in [6.45, 7) is 2.23. The normalized spacial score (nSPS) is 13.4. The minimum atomic E-state index is -3.64. The molecule has 0 fully saturated rings. The number of rotatable bonds is 8. The average molecular weight is 307 g/mol. The number of carboxylic acids is 1. The Kier molecular flexibility index (Phi) is 5.92. The lowest BCUT2D eigenvalue weighted by molar-refractivity contribution is 0.0702. The molecule has 1 aromatic rings. The van der Waals surface area contributed by atoms with E-state index in [-0.39, 0.29) is 28.8 Å². The standard InChI is InChI=1S/C11H17NO5S2/c1-8(6-13)3-2-4-12-19(16,17)9-5-10(11(14)15)18-7-9/h5,7-8,12-13H,2-4,6H2,1H3,(H,14,15). The number of thiophene rings is 1. The molecule has 1 rings (SSSR count). The maximum atomic E-state index is 11.8. The third-order valence-electron chi connectivity index (χ3n) is 2.57. The Morgan fingerprint density at radius 3 is 2.74 bits per heavy atom. The molecule has 0 amide bonds. The third kappa shape index (κ3) is 4.90. The molecule has 0 aromatic carbocycles. The summed E-state index contributed by atoms with van der Waals surface area (Å²) in [5.74, 6) is -0.993. The number of aliphatic hydroxyl groups excluding tert-OH is 1. The van der Waals surface area contributed by atoms with Crippen LogP contribution in [0, 0.1) is 5.92 Å². The van der Waals surface area contributed by atoms with Gasteiger partial charge < -0.3 is 10.2 Å². The highest BCUT2D eigenvalue weighted by Crippen LogP contribution is 2.19. The number of sulfonamides is 1. The highest BCUT2D eigenvalue weighted by atomic mass is 32.2. The Morgan fingerprint density at radius 1 is 1.53 bits per heavy atom. The molecule has 3 N–H and O–H groups in total. The van der Waals surface area contributed by atoms with E-state index in [0.29, 0.717) is 6.42 Å². The first-order valence-corrected chi connectivity index (χ1v) is 8.15. The highest BCUT2D eigenvalue weighted by molar-refractivity contribution is 7.89. The molecule has 1 unspecified atom stereocenters. The molecule has 0 bridgehead atoms. The molecule has 0 spiro atoms. The van der Waals surface area contributed by atoms with E-state index in [9.17, 15) is 13.2 Å². The van der Waals surface area contributed by atoms with E-state index >= 15 is 0 Å². The first-order chi connectivity index (χ1) is 8.86. The van der Waals surface area contributed by atoms with Crippen molar-refractivity contribution in [2.45, 2.75) is 24.7 Å². The van der Waals surface area contributed by atoms with Crippen molar-refractivity contribution in [1.82, 2.24) is 4.72 Å². The first-order valence-electron chi connectivity index (χ1n) is 5.79. The molecular formula is C11H17NO5S2. The van der Waals surface area contributed by atoms with Crippen LogP contribution in [0.1, 0.15) is 29.4 Å². The second kappa shape index (κ2) is 6.99. The first kappa shape index (κ1) is 16.1. The monoisotopic (exact) mass is 307 g/mol. The Bertz CT molecular complexity index is 523. The van der Waals surface area contributed by atoms with E-state index in [1.807, 2.05) is 6.92 Å². The van der Waals surface area contributed by atoms with Gasteiger partial charge in [0.05, 0.1) is 4.90 Å². The van der Waals surface area contributed by atoms with Crippen molar-refractivity contribution in [3.63, 3.8) is 0 Å². The summed E-state index contributed by atoms with van der Waals surface area (Å²) < 4.78 is 26.1. The average Bonchev–Trinajstić information content (AvgIpc) is 2.84. The molecule has 6 nitrogen and oxygen atoms in total. The van der Waals surface area contributed by atoms with Crippen molar-refractivity contribution in [1.29, 1.82) is 0 Å². The van der Waals surface area contributed by atoms with Crippen LogP contribution in [-0.4, -0.2) is 37.8 Å². The summed E-state index contributed by atoms with van der Waals surface area (Å²) in [5, 5.41) is 18.9. The smallest absolute Gasteiger partial charge is 0.345 e. The number of aromatic carboxylic acids is 1. The maximum absolute atomic E-state index is 11.8. The molecule has 1 heterocycles. The van der Waals surface area contributed by atoms with E-state index < -0.39 is 16.0 Å². The van der Waals surface area contributed by atoms with E-state index in [1.54, 1.807) is 0 Å². The van der Waals surface area contributed by atoms with Crippen molar-refractivity contribution in [3.8, 4) is 0 Å². The fourth-order valence-corrected chi connectivity index (χ4v) is 3.59. The minimum absolute atomic E-state index is 0.00530. The molecule has 0 saturated heterocycles. The lowest BCUT2D eigenvalue weighted by Crippen LogP contribution is -2.24. The van der Waals surface area contributed by atoms with Gasteiger partial charge in [-0.25, -0.2) is 17.9 Å². The van der Waals surface area contributed by atoms with E-state index in [1.165, 1.54) is 5.38 Å². The molecule has 8 heteroatoms. The largest absolute Gasteiger partial charge is 0.477 e. The minimum Gasteiger partial charge on any atom is -0.477 e. The van der Waals surface area contributed by atoms with Gasteiger partial charge in [0.1, 0.15) is 4.88 Å². The van der Waals surface area contributed by atoms with E-state index in [2.05, 4.69) is 4.72 Å². The van der Waals surface area contributed by atoms with Crippen LogP contribution in [-0.2, 0) is 10.0 Å². The van der Waals surface area contributed by atoms with Gasteiger partial charge in [-0.2, -0.15) is 0 Å². The molecule has 0 aliphatic heterocycles. The van der Waals surface area contributed by atoms with Gasteiger partial charge in [0, 0.05) is 18.5 Å². The van der Waals surface area contributed by atoms with Gasteiger partial charge >= 0.3 is 5.97 Å². The second-order valence-corrected chi connectivity index (χ2v) is 6.96. The van der Waals surface area contributed by atoms with Crippen LogP contribution >= 0.6 is 11.3 Å². The van der Waals surface area contributed by atoms with Crippen LogP contribution in [0.25, 0.3) is 0 Å². The summed E-state index contributed by atoms with van der Waals surface area (Å²) in [4.78, 5) is 10.7. The zero-order valence-corrected chi connectivity index (χ0v) is 12.1. The van der Waals surface area contributed by atoms with Crippen LogP contribution in [0.2, 0.25) is 0 Å². The Hall–Kier alpha value is -0.960. The van der Waals surface area contributed by atoms with Gasteiger partial charge in [-0.3, -0.25) is 0 Å². The second-order valence-electron chi connectivity index (χ2n) is 4.28. The van der Waals surface area contributed by atoms with Gasteiger partial charge in [0.2, 0.25) is 10.0 Å².